The van der Waals surface area contributed by atoms with E-state index in [1.54, 1.807) is 6.08 Å². The fraction of sp³-hybridized carbons (Fsp3) is 0.500. The summed E-state index contributed by atoms with van der Waals surface area (Å²) in [5.41, 5.74) is 5.31. The number of amidine groups is 1. The highest BCUT2D eigenvalue weighted by Gasteiger charge is 2.35. The van der Waals surface area contributed by atoms with E-state index in [1.807, 2.05) is 6.92 Å². The van der Waals surface area contributed by atoms with E-state index in [0.29, 0.717) is 18.7 Å². The summed E-state index contributed by atoms with van der Waals surface area (Å²) in [5.74, 6) is 0.328. The highest BCUT2D eigenvalue weighted by molar-refractivity contribution is 6.04. The summed E-state index contributed by atoms with van der Waals surface area (Å²) in [7, 11) is 0. The molecule has 1 aliphatic heterocycles. The van der Waals surface area contributed by atoms with Gasteiger partial charge in [-0.25, -0.2) is 4.99 Å². The van der Waals surface area contributed by atoms with Crippen molar-refractivity contribution >= 4 is 11.7 Å². The van der Waals surface area contributed by atoms with Crippen LogP contribution in [0.4, 0.5) is 0 Å². The second-order valence-electron chi connectivity index (χ2n) is 3.12. The second kappa shape index (κ2) is 2.49. The molecule has 0 saturated carbocycles. The number of amides is 1. The van der Waals surface area contributed by atoms with Crippen LogP contribution >= 0.6 is 0 Å². The van der Waals surface area contributed by atoms with Gasteiger partial charge in [0.2, 0.25) is 5.91 Å². The molecule has 0 aliphatic carbocycles. The van der Waals surface area contributed by atoms with Crippen LogP contribution in [-0.2, 0) is 4.79 Å². The minimum Gasteiger partial charge on any atom is -0.387 e. The van der Waals surface area contributed by atoms with E-state index in [0.717, 1.165) is 0 Å². The number of nitrogens with two attached hydrogens (primary N) is 1. The third-order valence-electron chi connectivity index (χ3n) is 2.00. The smallest absolute Gasteiger partial charge is 0.248 e. The van der Waals surface area contributed by atoms with Gasteiger partial charge in [-0.3, -0.25) is 4.79 Å². The van der Waals surface area contributed by atoms with E-state index < -0.39 is 0 Å². The first-order valence-electron chi connectivity index (χ1n) is 3.57. The molecule has 0 fully saturated rings. The lowest BCUT2D eigenvalue weighted by Gasteiger charge is -2.19. The lowest BCUT2D eigenvalue weighted by molar-refractivity contribution is -0.118. The lowest BCUT2D eigenvalue weighted by atomic mass is 9.84. The number of aliphatic imine (C=N–C) groups is 1. The van der Waals surface area contributed by atoms with Crippen LogP contribution in [-0.4, -0.2) is 11.7 Å². The predicted molar refractivity (Wildman–Crippen MR) is 44.2 cm³/mol. The number of carbonyl (C=O) groups is 1. The van der Waals surface area contributed by atoms with Gasteiger partial charge < -0.3 is 5.73 Å². The summed E-state index contributed by atoms with van der Waals surface area (Å²) in [5, 5.41) is 0. The third-order valence-corrected chi connectivity index (χ3v) is 2.00. The molecule has 0 spiro atoms. The van der Waals surface area contributed by atoms with Crippen molar-refractivity contribution in [2.24, 2.45) is 16.1 Å². The van der Waals surface area contributed by atoms with E-state index in [1.165, 1.54) is 0 Å². The first kappa shape index (κ1) is 7.98. The Morgan fingerprint density at radius 1 is 1.91 bits per heavy atom. The van der Waals surface area contributed by atoms with Crippen LogP contribution in [0, 0.1) is 5.41 Å². The summed E-state index contributed by atoms with van der Waals surface area (Å²) in [6, 6.07) is 0. The average Bonchev–Trinajstić information content (AvgIpc) is 2.08. The molecular weight excluding hydrogens is 140 g/mol. The van der Waals surface area contributed by atoms with Gasteiger partial charge in [-0.1, -0.05) is 13.0 Å². The maximum Gasteiger partial charge on any atom is 0.248 e. The quantitative estimate of drug-likeness (QED) is 0.596. The van der Waals surface area contributed by atoms with Gasteiger partial charge in [0, 0.05) is 11.8 Å². The van der Waals surface area contributed by atoms with Crippen molar-refractivity contribution in [2.75, 3.05) is 0 Å². The zero-order valence-electron chi connectivity index (χ0n) is 6.63. The molecule has 3 nitrogen and oxygen atoms in total. The monoisotopic (exact) mass is 152 g/mol. The van der Waals surface area contributed by atoms with Crippen LogP contribution in [0.2, 0.25) is 0 Å². The first-order chi connectivity index (χ1) is 5.08. The molecule has 60 valence electrons. The fourth-order valence-electron chi connectivity index (χ4n) is 1.23. The number of hydrogen-bond acceptors (Lipinski definition) is 2. The molecule has 1 heterocycles. The van der Waals surface area contributed by atoms with Gasteiger partial charge in [0.25, 0.3) is 0 Å². The van der Waals surface area contributed by atoms with Gasteiger partial charge in [-0.05, 0) is 6.42 Å². The Bertz CT molecular complexity index is 232. The van der Waals surface area contributed by atoms with Crippen molar-refractivity contribution in [3.63, 3.8) is 0 Å². The van der Waals surface area contributed by atoms with Gasteiger partial charge in [-0.2, -0.15) is 0 Å². The number of carbonyl (C=O) groups excluding carboxylic acids is 1. The van der Waals surface area contributed by atoms with Gasteiger partial charge >= 0.3 is 0 Å². The summed E-state index contributed by atoms with van der Waals surface area (Å²) >= 11 is 0. The Morgan fingerprint density at radius 3 is 2.91 bits per heavy atom. The molecule has 0 bridgehead atoms. The normalized spacial score (nSPS) is 30.3. The summed E-state index contributed by atoms with van der Waals surface area (Å²) in [4.78, 5) is 14.5. The highest BCUT2D eigenvalue weighted by atomic mass is 16.1. The molecule has 0 aromatic carbocycles. The minimum absolute atomic E-state index is 0.119. The van der Waals surface area contributed by atoms with Crippen LogP contribution in [0.1, 0.15) is 19.8 Å². The zero-order chi connectivity index (χ0) is 8.48. The fourth-order valence-corrected chi connectivity index (χ4v) is 1.23. The Hall–Kier alpha value is -1.12. The van der Waals surface area contributed by atoms with E-state index >= 15 is 0 Å². The van der Waals surface area contributed by atoms with Crippen molar-refractivity contribution in [3.05, 3.63) is 12.7 Å². The van der Waals surface area contributed by atoms with E-state index in [9.17, 15) is 4.79 Å². The topological polar surface area (TPSA) is 55.5 Å². The van der Waals surface area contributed by atoms with Crippen molar-refractivity contribution in [1.29, 1.82) is 0 Å². The van der Waals surface area contributed by atoms with Crippen molar-refractivity contribution < 1.29 is 4.79 Å². The molecule has 1 atom stereocenters. The average molecular weight is 152 g/mol. The molecular formula is C8H12N2O. The van der Waals surface area contributed by atoms with Crippen molar-refractivity contribution in [1.82, 2.24) is 0 Å². The van der Waals surface area contributed by atoms with Crippen LogP contribution in [0.15, 0.2) is 17.6 Å². The molecule has 0 aromatic rings. The van der Waals surface area contributed by atoms with E-state index in [4.69, 9.17) is 5.73 Å². The highest BCUT2D eigenvalue weighted by Crippen LogP contribution is 2.31. The number of hydrogen-bond donors (Lipinski definition) is 1. The Morgan fingerprint density at radius 2 is 2.55 bits per heavy atom. The largest absolute Gasteiger partial charge is 0.387 e. The van der Waals surface area contributed by atoms with Crippen LogP contribution < -0.4 is 5.73 Å². The lowest BCUT2D eigenvalue weighted by Crippen LogP contribution is -2.30. The molecule has 0 radical (unpaired) electrons. The Balaban J connectivity index is 2.82. The van der Waals surface area contributed by atoms with Crippen LogP contribution in [0.3, 0.4) is 0 Å². The third kappa shape index (κ3) is 1.31. The molecule has 11 heavy (non-hydrogen) atoms. The second-order valence-corrected chi connectivity index (χ2v) is 3.12. The van der Waals surface area contributed by atoms with Crippen LogP contribution in [0.5, 0.6) is 0 Å². The summed E-state index contributed by atoms with van der Waals surface area (Å²) < 4.78 is 0. The number of allylic oxidation sites excluding steroid dienone is 1. The van der Waals surface area contributed by atoms with Gasteiger partial charge in [0.05, 0.1) is 0 Å². The SMILES string of the molecule is C=CCC1(C)CC(=O)N=C1N. The zero-order valence-corrected chi connectivity index (χ0v) is 6.63. The molecule has 0 aromatic heterocycles. The molecule has 1 rings (SSSR count). The van der Waals surface area contributed by atoms with Gasteiger partial charge in [0.15, 0.2) is 0 Å². The molecule has 1 aliphatic rings. The maximum absolute atomic E-state index is 10.8. The minimum atomic E-state index is -0.265. The first-order valence-corrected chi connectivity index (χ1v) is 3.57. The van der Waals surface area contributed by atoms with Gasteiger partial charge in [-0.15, -0.1) is 6.58 Å². The molecule has 1 amide bonds. The maximum atomic E-state index is 10.8. The van der Waals surface area contributed by atoms with Crippen molar-refractivity contribution in [3.8, 4) is 0 Å². The molecule has 1 unspecified atom stereocenters. The van der Waals surface area contributed by atoms with Crippen LogP contribution in [0.25, 0.3) is 0 Å². The number of nitrogens with zero attached hydrogens (tertiary/aromatic N) is 1. The van der Waals surface area contributed by atoms with E-state index in [2.05, 4.69) is 11.6 Å². The predicted octanol–water partition coefficient (Wildman–Crippen LogP) is 0.856. The Labute approximate surface area is 66.0 Å². The standard InChI is InChI=1S/C8H12N2O/c1-3-4-8(2)5-6(11)10-7(8)9/h3H,1,4-5H2,2H3,(H2,9,10,11). The number of rotatable bonds is 2. The summed E-state index contributed by atoms with van der Waals surface area (Å²) in [6.45, 7) is 5.54. The van der Waals surface area contributed by atoms with Crippen molar-refractivity contribution in [2.45, 2.75) is 19.8 Å². The Kier molecular flexibility index (Phi) is 1.81. The summed E-state index contributed by atoms with van der Waals surface area (Å²) in [6.07, 6.45) is 2.90. The molecule has 3 heteroatoms. The molecule has 2 N–H and O–H groups in total. The van der Waals surface area contributed by atoms with E-state index in [-0.39, 0.29) is 11.3 Å². The molecule has 0 saturated heterocycles. The van der Waals surface area contributed by atoms with Gasteiger partial charge in [0.1, 0.15) is 5.84 Å².